The van der Waals surface area contributed by atoms with E-state index in [1.165, 1.54) is 17.7 Å². The maximum atomic E-state index is 8.21. The summed E-state index contributed by atoms with van der Waals surface area (Å²) in [5, 5.41) is 0. The molecule has 0 aliphatic rings. The van der Waals surface area contributed by atoms with E-state index >= 15 is 0 Å². The Bertz CT molecular complexity index is 3420. The van der Waals surface area contributed by atoms with Crippen LogP contribution in [-0.4, -0.2) is 21.6 Å². The molecule has 0 aliphatic carbocycles. The van der Waals surface area contributed by atoms with Crippen LogP contribution in [0.1, 0.15) is 75.9 Å². The minimum Gasteiger partial charge on any atom is -0.496 e. The molecule has 0 amide bonds. The zero-order valence-corrected chi connectivity index (χ0v) is 36.4. The molecule has 9 rings (SSSR count). The van der Waals surface area contributed by atoms with Gasteiger partial charge in [-0.25, -0.2) is 4.98 Å². The summed E-state index contributed by atoms with van der Waals surface area (Å²) in [6.07, 6.45) is 1.69. The van der Waals surface area contributed by atoms with E-state index in [4.69, 9.17) is 27.0 Å². The fraction of sp³-hybridized carbons (Fsp3) is 0.186. The van der Waals surface area contributed by atoms with Crippen LogP contribution in [0.3, 0.4) is 0 Å². The Labute approximate surface area is 385 Å². The van der Waals surface area contributed by atoms with Gasteiger partial charge in [0.05, 0.1) is 29.4 Å². The number of benzene rings is 7. The number of fused-ring (bicyclic) bond motifs is 1. The van der Waals surface area contributed by atoms with Crippen molar-refractivity contribution < 1.29 is 17.1 Å². The second-order valence-corrected chi connectivity index (χ2v) is 17.4. The molecule has 0 saturated carbocycles. The molecule has 0 bridgehead atoms. The zero-order chi connectivity index (χ0) is 51.5. The molecule has 2 heterocycles. The molecular weight excluding hydrogens is 767 g/mol. The van der Waals surface area contributed by atoms with Crippen LogP contribution in [0.4, 0.5) is 0 Å². The van der Waals surface area contributed by atoms with Gasteiger partial charge in [-0.2, -0.15) is 0 Å². The molecule has 0 radical (unpaired) electrons. The summed E-state index contributed by atoms with van der Waals surface area (Å²) in [4.78, 5) is 10.5. The molecule has 0 N–H and O–H groups in total. The van der Waals surface area contributed by atoms with Gasteiger partial charge >= 0.3 is 0 Å². The van der Waals surface area contributed by atoms with Gasteiger partial charge in [0.15, 0.2) is 0 Å². The highest BCUT2D eigenvalue weighted by atomic mass is 16.5. The Morgan fingerprint density at radius 3 is 1.84 bits per heavy atom. The van der Waals surface area contributed by atoms with Gasteiger partial charge in [-0.1, -0.05) is 151 Å². The van der Waals surface area contributed by atoms with E-state index in [0.717, 1.165) is 83.9 Å². The van der Waals surface area contributed by atoms with Crippen LogP contribution < -0.4 is 4.74 Å². The van der Waals surface area contributed by atoms with Crippen molar-refractivity contribution in [3.05, 3.63) is 192 Å². The van der Waals surface area contributed by atoms with Crippen LogP contribution >= 0.6 is 0 Å². The second-order valence-electron chi connectivity index (χ2n) is 17.4. The average molecular weight is 831 g/mol. The van der Waals surface area contributed by atoms with E-state index < -0.39 is 26.0 Å². The fourth-order valence-corrected chi connectivity index (χ4v) is 8.55. The molecule has 9 aromatic rings. The van der Waals surface area contributed by atoms with Crippen molar-refractivity contribution in [2.45, 2.75) is 66.0 Å². The molecule has 2 aromatic heterocycles. The molecule has 0 unspecified atom stereocenters. The highest BCUT2D eigenvalue weighted by Gasteiger charge is 2.24. The van der Waals surface area contributed by atoms with E-state index in [-0.39, 0.29) is 11.0 Å². The molecule has 7 aromatic carbocycles. The molecule has 0 aliphatic heterocycles. The first-order chi connectivity index (χ1) is 34.0. The predicted octanol–water partition coefficient (Wildman–Crippen LogP) is 15.6. The van der Waals surface area contributed by atoms with Crippen LogP contribution in [-0.2, 0) is 10.8 Å². The topological polar surface area (TPSA) is 39.9 Å². The molecule has 0 fully saturated rings. The number of pyridine rings is 1. The quantitative estimate of drug-likeness (QED) is 0.153. The smallest absolute Gasteiger partial charge is 0.149 e. The summed E-state index contributed by atoms with van der Waals surface area (Å²) in [5.74, 6) is 1.48. The van der Waals surface area contributed by atoms with Gasteiger partial charge in [0.25, 0.3) is 0 Å². The number of para-hydroxylation sites is 1. The van der Waals surface area contributed by atoms with Crippen molar-refractivity contribution >= 4 is 11.0 Å². The fourth-order valence-electron chi connectivity index (χ4n) is 8.55. The van der Waals surface area contributed by atoms with Crippen molar-refractivity contribution in [2.24, 2.45) is 0 Å². The van der Waals surface area contributed by atoms with E-state index in [1.807, 2.05) is 30.3 Å². The standard InChI is InChI=1S/C59H55N3O/c1-38-29-39(2)56(63-9)52(30-38)57-61-55-51(21-16-22-54(55)62(57)50-35-45(41-19-14-11-15-20-41)34-49(37-50)59(6,7)8)46-31-44(40-17-12-10-13-18-40)32-47(33-46)53-36-43(27-28-60-53)42-23-25-48(26-24-42)58(3,4)5/h10-37H,1-9H3/i3D3,4D3,5D3. The molecule has 4 heteroatoms. The van der Waals surface area contributed by atoms with Gasteiger partial charge in [0.2, 0.25) is 0 Å². The zero-order valence-electron chi connectivity index (χ0n) is 45.4. The van der Waals surface area contributed by atoms with E-state index in [2.05, 4.69) is 142 Å². The number of ether oxygens (including phenoxy) is 1. The van der Waals surface area contributed by atoms with Crippen LogP contribution in [0.15, 0.2) is 170 Å². The Kier molecular flexibility index (Phi) is 8.24. The SMILES string of the molecule is [2H]C([2H])([2H])C(c1ccc(-c2ccnc(-c3cc(-c4ccccc4)cc(-c4cccc5c4nc(-c4cc(C)cc(C)c4OC)n5-c4cc(-c5ccccc5)cc(C(C)(C)C)c4)c3)c2)cc1)(C([2H])([2H])[2H])C([2H])([2H])[2H]. The van der Waals surface area contributed by atoms with Crippen molar-refractivity contribution in [1.29, 1.82) is 0 Å². The largest absolute Gasteiger partial charge is 0.496 e. The van der Waals surface area contributed by atoms with E-state index in [9.17, 15) is 0 Å². The molecule has 0 atom stereocenters. The first-order valence-electron chi connectivity index (χ1n) is 25.7. The maximum absolute atomic E-state index is 8.21. The third kappa shape index (κ3) is 8.22. The highest BCUT2D eigenvalue weighted by Crippen LogP contribution is 2.43. The molecule has 0 saturated heterocycles. The number of hydrogen-bond acceptors (Lipinski definition) is 3. The Hall–Kier alpha value is -7.04. The first-order valence-corrected chi connectivity index (χ1v) is 21.2. The number of aromatic nitrogens is 3. The van der Waals surface area contributed by atoms with E-state index in [1.54, 1.807) is 31.5 Å². The number of rotatable bonds is 8. The number of aryl methyl sites for hydroxylation is 2. The summed E-state index contributed by atoms with van der Waals surface area (Å²) in [6.45, 7) is 0.740. The normalized spacial score (nSPS) is 14.6. The van der Waals surface area contributed by atoms with Crippen molar-refractivity contribution in [3.8, 4) is 78.6 Å². The Morgan fingerprint density at radius 1 is 0.524 bits per heavy atom. The molecule has 312 valence electrons. The third-order valence-corrected chi connectivity index (χ3v) is 11.8. The average Bonchev–Trinajstić information content (AvgIpc) is 3.73. The lowest BCUT2D eigenvalue weighted by Gasteiger charge is -2.23. The van der Waals surface area contributed by atoms with Gasteiger partial charge in [-0.3, -0.25) is 9.55 Å². The highest BCUT2D eigenvalue weighted by molar-refractivity contribution is 5.98. The van der Waals surface area contributed by atoms with Gasteiger partial charge in [0.1, 0.15) is 11.6 Å². The number of imidazole rings is 1. The number of hydrogen-bond donors (Lipinski definition) is 0. The second kappa shape index (κ2) is 16.3. The van der Waals surface area contributed by atoms with Crippen LogP contribution in [0.25, 0.3) is 83.9 Å². The minimum absolute atomic E-state index is 0.174. The molecule has 63 heavy (non-hydrogen) atoms. The molecular formula is C59H55N3O. The van der Waals surface area contributed by atoms with Crippen molar-refractivity contribution in [3.63, 3.8) is 0 Å². The van der Waals surface area contributed by atoms with Gasteiger partial charge < -0.3 is 4.74 Å². The van der Waals surface area contributed by atoms with Crippen LogP contribution in [0, 0.1) is 13.8 Å². The predicted molar refractivity (Wildman–Crippen MR) is 265 cm³/mol. The maximum Gasteiger partial charge on any atom is 0.149 e. The number of nitrogens with zero attached hydrogens (tertiary/aromatic N) is 3. The van der Waals surface area contributed by atoms with Crippen molar-refractivity contribution in [2.75, 3.05) is 7.11 Å². The summed E-state index contributed by atoms with van der Waals surface area (Å²) in [7, 11) is 1.70. The third-order valence-electron chi connectivity index (χ3n) is 11.8. The van der Waals surface area contributed by atoms with Gasteiger partial charge in [0, 0.05) is 35.3 Å². The summed E-state index contributed by atoms with van der Waals surface area (Å²) in [6, 6.07) is 53.7. The Balaban J connectivity index is 1.25. The lowest BCUT2D eigenvalue weighted by molar-refractivity contribution is 0.413. The summed E-state index contributed by atoms with van der Waals surface area (Å²) in [5.41, 5.74) is 11.9. The van der Waals surface area contributed by atoms with Crippen LogP contribution in [0.2, 0.25) is 0 Å². The molecule has 4 nitrogen and oxygen atoms in total. The van der Waals surface area contributed by atoms with Crippen LogP contribution in [0.5, 0.6) is 5.75 Å². The van der Waals surface area contributed by atoms with E-state index in [0.29, 0.717) is 16.8 Å². The van der Waals surface area contributed by atoms with Gasteiger partial charge in [-0.05, 0) is 140 Å². The Morgan fingerprint density at radius 2 is 1.17 bits per heavy atom. The minimum atomic E-state index is -3.36. The van der Waals surface area contributed by atoms with Gasteiger partial charge in [-0.15, -0.1) is 0 Å². The lowest BCUT2D eigenvalue weighted by Crippen LogP contribution is -2.12. The summed E-state index contributed by atoms with van der Waals surface area (Å²) >= 11 is 0. The monoisotopic (exact) mass is 830 g/mol. The van der Waals surface area contributed by atoms with Crippen molar-refractivity contribution in [1.82, 2.24) is 14.5 Å². The lowest BCUT2D eigenvalue weighted by atomic mass is 9.85. The molecule has 0 spiro atoms. The number of methoxy groups -OCH3 is 1. The summed E-state index contributed by atoms with van der Waals surface area (Å²) < 4.78 is 82.3. The first kappa shape index (κ1) is 31.8.